The molecule has 0 saturated carbocycles. The second kappa shape index (κ2) is 50.0. The maximum atomic E-state index is 12.4. The molecule has 0 aliphatic heterocycles. The minimum Gasteiger partial charge on any atom is -0.466 e. The van der Waals surface area contributed by atoms with Crippen molar-refractivity contribution in [1.29, 1.82) is 0 Å². The highest BCUT2D eigenvalue weighted by Gasteiger charge is 2.18. The molecule has 0 aromatic rings. The van der Waals surface area contributed by atoms with Crippen molar-refractivity contribution in [3.8, 4) is 0 Å². The summed E-state index contributed by atoms with van der Waals surface area (Å²) in [6, 6.07) is -0.633. The van der Waals surface area contributed by atoms with E-state index < -0.39 is 12.1 Å². The Morgan fingerprint density at radius 3 is 1.18 bits per heavy atom. The van der Waals surface area contributed by atoms with Gasteiger partial charge in [0.15, 0.2) is 0 Å². The maximum absolute atomic E-state index is 12.4. The number of allylic oxidation sites excluding steroid dienone is 3. The molecule has 2 atom stereocenters. The average molecular weight is 846 g/mol. The molecule has 2 unspecified atom stereocenters. The van der Waals surface area contributed by atoms with E-state index in [9.17, 15) is 19.8 Å². The maximum Gasteiger partial charge on any atom is 0.305 e. The first-order valence-electron chi connectivity index (χ1n) is 26.6. The average Bonchev–Trinajstić information content (AvgIpc) is 3.25. The number of aliphatic hydroxyl groups is 2. The molecule has 0 bridgehead atoms. The monoisotopic (exact) mass is 846 g/mol. The van der Waals surface area contributed by atoms with Crippen LogP contribution >= 0.6 is 0 Å². The summed E-state index contributed by atoms with van der Waals surface area (Å²) < 4.78 is 5.47. The van der Waals surface area contributed by atoms with E-state index in [0.717, 1.165) is 57.8 Å². The Balaban J connectivity index is 3.44. The minimum atomic E-state index is -0.849. The number of hydrogen-bond donors (Lipinski definition) is 3. The Hall–Kier alpha value is -1.66. The third-order valence-corrected chi connectivity index (χ3v) is 12.2. The summed E-state index contributed by atoms with van der Waals surface area (Å²) in [4.78, 5) is 24.4. The molecule has 0 aromatic carbocycles. The highest BCUT2D eigenvalue weighted by Crippen LogP contribution is 2.16. The van der Waals surface area contributed by atoms with Gasteiger partial charge in [0, 0.05) is 12.8 Å². The Kier molecular flexibility index (Phi) is 48.6. The van der Waals surface area contributed by atoms with E-state index in [-0.39, 0.29) is 18.5 Å². The van der Waals surface area contributed by atoms with Gasteiger partial charge >= 0.3 is 5.97 Å². The van der Waals surface area contributed by atoms with E-state index in [1.807, 2.05) is 6.08 Å². The topological polar surface area (TPSA) is 95.9 Å². The van der Waals surface area contributed by atoms with Crippen molar-refractivity contribution in [3.05, 3.63) is 24.3 Å². The highest BCUT2D eigenvalue weighted by atomic mass is 16.5. The fraction of sp³-hybridized carbons (Fsp3) is 0.889. The van der Waals surface area contributed by atoms with Gasteiger partial charge in [0.2, 0.25) is 5.91 Å². The fourth-order valence-corrected chi connectivity index (χ4v) is 8.10. The van der Waals surface area contributed by atoms with Gasteiger partial charge in [0.1, 0.15) is 0 Å². The van der Waals surface area contributed by atoms with Crippen molar-refractivity contribution in [1.82, 2.24) is 5.32 Å². The van der Waals surface area contributed by atoms with Crippen LogP contribution in [-0.2, 0) is 14.3 Å². The van der Waals surface area contributed by atoms with E-state index in [1.54, 1.807) is 6.08 Å². The second-order valence-electron chi connectivity index (χ2n) is 18.2. The molecule has 60 heavy (non-hydrogen) atoms. The molecule has 0 aromatic heterocycles. The van der Waals surface area contributed by atoms with Crippen molar-refractivity contribution in [2.45, 2.75) is 296 Å². The molecule has 0 aliphatic carbocycles. The second-order valence-corrected chi connectivity index (χ2v) is 18.2. The van der Waals surface area contributed by atoms with E-state index in [2.05, 4.69) is 31.3 Å². The Labute approximate surface area is 373 Å². The van der Waals surface area contributed by atoms with Gasteiger partial charge in [-0.2, -0.15) is 0 Å². The number of carbonyl (C=O) groups is 2. The minimum absolute atomic E-state index is 0.00812. The van der Waals surface area contributed by atoms with Crippen molar-refractivity contribution in [2.75, 3.05) is 13.2 Å². The van der Waals surface area contributed by atoms with Gasteiger partial charge in [-0.15, -0.1) is 0 Å². The third kappa shape index (κ3) is 45.9. The van der Waals surface area contributed by atoms with Gasteiger partial charge in [0.05, 0.1) is 25.4 Å². The summed E-state index contributed by atoms with van der Waals surface area (Å²) in [5.41, 5.74) is 0. The predicted molar refractivity (Wildman–Crippen MR) is 260 cm³/mol. The number of rotatable bonds is 49. The number of esters is 1. The van der Waals surface area contributed by atoms with Crippen LogP contribution in [0.25, 0.3) is 0 Å². The van der Waals surface area contributed by atoms with Gasteiger partial charge in [-0.1, -0.05) is 237 Å². The van der Waals surface area contributed by atoms with Crippen LogP contribution < -0.4 is 5.32 Å². The Morgan fingerprint density at radius 1 is 0.450 bits per heavy atom. The van der Waals surface area contributed by atoms with Crippen molar-refractivity contribution in [3.63, 3.8) is 0 Å². The Morgan fingerprint density at radius 2 is 0.783 bits per heavy atom. The lowest BCUT2D eigenvalue weighted by molar-refractivity contribution is -0.143. The number of amides is 1. The van der Waals surface area contributed by atoms with Gasteiger partial charge < -0.3 is 20.3 Å². The van der Waals surface area contributed by atoms with Gasteiger partial charge in [-0.3, -0.25) is 9.59 Å². The normalized spacial score (nSPS) is 12.8. The first-order valence-corrected chi connectivity index (χ1v) is 26.6. The predicted octanol–water partition coefficient (Wildman–Crippen LogP) is 15.9. The summed E-state index contributed by atoms with van der Waals surface area (Å²) in [6.45, 7) is 4.87. The summed E-state index contributed by atoms with van der Waals surface area (Å²) >= 11 is 0. The molecule has 0 heterocycles. The number of unbranched alkanes of at least 4 members (excludes halogenated alkanes) is 36. The zero-order chi connectivity index (χ0) is 43.7. The van der Waals surface area contributed by atoms with Crippen LogP contribution in [0.2, 0.25) is 0 Å². The number of ether oxygens (including phenoxy) is 1. The SMILES string of the molecule is CCCCCCCCC/C=C\CCCCCCCC(=O)OCCCCCCCCCCCCCCCCCC(=O)NC(CO)C(O)/C=C/CCCCCCCCCCCC. The third-order valence-electron chi connectivity index (χ3n) is 12.2. The van der Waals surface area contributed by atoms with Gasteiger partial charge in [-0.25, -0.2) is 0 Å². The lowest BCUT2D eigenvalue weighted by Gasteiger charge is -2.20. The molecule has 3 N–H and O–H groups in total. The smallest absolute Gasteiger partial charge is 0.305 e. The first kappa shape index (κ1) is 58.3. The van der Waals surface area contributed by atoms with Crippen molar-refractivity contribution in [2.24, 2.45) is 0 Å². The standard InChI is InChI=1S/C54H103NO5/c1-3-5-7-9-11-13-15-17-18-21-24-28-32-36-40-44-48-54(59)60-49-45-41-37-33-29-25-22-19-20-23-27-31-35-39-43-47-53(58)55-51(50-56)52(57)46-42-38-34-30-26-16-14-12-10-8-6-4-2/h18,21,42,46,51-52,56-57H,3-17,19-20,22-41,43-45,47-50H2,1-2H3,(H,55,58)/b21-18-,46-42+. The van der Waals surface area contributed by atoms with Crippen LogP contribution in [0.5, 0.6) is 0 Å². The summed E-state index contributed by atoms with van der Waals surface area (Å²) in [6.07, 6.45) is 58.9. The molecule has 0 aliphatic rings. The quantitative estimate of drug-likeness (QED) is 0.0322. The number of hydrogen-bond acceptors (Lipinski definition) is 5. The van der Waals surface area contributed by atoms with Gasteiger partial charge in [-0.05, 0) is 57.8 Å². The van der Waals surface area contributed by atoms with E-state index in [1.165, 1.54) is 199 Å². The van der Waals surface area contributed by atoms with Crippen molar-refractivity contribution < 1.29 is 24.5 Å². The molecule has 0 rings (SSSR count). The van der Waals surface area contributed by atoms with Crippen LogP contribution in [0.15, 0.2) is 24.3 Å². The lowest BCUT2D eigenvalue weighted by Crippen LogP contribution is -2.45. The molecular formula is C54H103NO5. The van der Waals surface area contributed by atoms with E-state index in [0.29, 0.717) is 19.4 Å². The number of carbonyl (C=O) groups excluding carboxylic acids is 2. The summed E-state index contributed by atoms with van der Waals surface area (Å²) in [5, 5.41) is 23.0. The van der Waals surface area contributed by atoms with Crippen LogP contribution in [0.4, 0.5) is 0 Å². The van der Waals surface area contributed by atoms with Gasteiger partial charge in [0.25, 0.3) is 0 Å². The summed E-state index contributed by atoms with van der Waals surface area (Å²) in [7, 11) is 0. The fourth-order valence-electron chi connectivity index (χ4n) is 8.10. The number of aliphatic hydroxyl groups excluding tert-OH is 2. The van der Waals surface area contributed by atoms with Crippen molar-refractivity contribution >= 4 is 11.9 Å². The van der Waals surface area contributed by atoms with Crippen LogP contribution in [-0.4, -0.2) is 47.4 Å². The molecule has 6 heteroatoms. The molecule has 0 radical (unpaired) electrons. The number of nitrogens with one attached hydrogen (secondary N) is 1. The Bertz CT molecular complexity index is 935. The molecule has 0 saturated heterocycles. The summed E-state index contributed by atoms with van der Waals surface area (Å²) in [5.74, 6) is -0.0855. The van der Waals surface area contributed by atoms with Crippen LogP contribution in [0.1, 0.15) is 284 Å². The highest BCUT2D eigenvalue weighted by molar-refractivity contribution is 5.76. The molecule has 6 nitrogen and oxygen atoms in total. The molecule has 0 fully saturated rings. The zero-order valence-corrected chi connectivity index (χ0v) is 40.2. The van der Waals surface area contributed by atoms with Crippen LogP contribution in [0.3, 0.4) is 0 Å². The first-order chi connectivity index (χ1) is 29.5. The molecular weight excluding hydrogens is 743 g/mol. The van der Waals surface area contributed by atoms with E-state index >= 15 is 0 Å². The lowest BCUT2D eigenvalue weighted by atomic mass is 10.0. The molecule has 354 valence electrons. The molecule has 1 amide bonds. The molecule has 0 spiro atoms. The zero-order valence-electron chi connectivity index (χ0n) is 40.2. The van der Waals surface area contributed by atoms with E-state index in [4.69, 9.17) is 4.74 Å². The largest absolute Gasteiger partial charge is 0.466 e. The van der Waals surface area contributed by atoms with Crippen LogP contribution in [0, 0.1) is 0 Å².